The summed E-state index contributed by atoms with van der Waals surface area (Å²) in [4.78, 5) is 7.07. The molecule has 2 rings (SSSR count). The van der Waals surface area contributed by atoms with Crippen LogP contribution in [0.2, 0.25) is 0 Å². The fraction of sp³-hybridized carbons (Fsp3) is 0.727. The number of piperidine rings is 1. The lowest BCUT2D eigenvalue weighted by atomic mass is 10.0. The van der Waals surface area contributed by atoms with Gasteiger partial charge in [-0.05, 0) is 33.2 Å². The molecule has 0 bridgehead atoms. The van der Waals surface area contributed by atoms with Crippen LogP contribution >= 0.6 is 11.3 Å². The first-order valence-electron chi connectivity index (χ1n) is 5.41. The molecule has 0 saturated carbocycles. The molecule has 0 spiro atoms. The number of hydrogen-bond donors (Lipinski definition) is 0. The Bertz CT molecular complexity index is 295. The van der Waals surface area contributed by atoms with Crippen LogP contribution in [0.3, 0.4) is 0 Å². The second-order valence-electron chi connectivity index (χ2n) is 4.17. The van der Waals surface area contributed by atoms with Crippen molar-refractivity contribution in [2.75, 3.05) is 6.54 Å². The molecule has 0 amide bonds. The van der Waals surface area contributed by atoms with E-state index in [1.54, 1.807) is 11.3 Å². The highest BCUT2D eigenvalue weighted by molar-refractivity contribution is 7.09. The number of likely N-dealkylation sites (tertiary alicyclic amines) is 1. The Morgan fingerprint density at radius 2 is 2.43 bits per heavy atom. The van der Waals surface area contributed by atoms with E-state index in [4.69, 9.17) is 0 Å². The van der Waals surface area contributed by atoms with E-state index in [0.717, 1.165) is 12.6 Å². The standard InChI is InChI=1S/C11H18N2S/c1-9-5-3-4-6-13(9)7-11-8-14-10(2)12-11/h8-9H,3-7H2,1-2H3. The normalized spacial score (nSPS) is 24.0. The highest BCUT2D eigenvalue weighted by Crippen LogP contribution is 2.19. The lowest BCUT2D eigenvalue weighted by molar-refractivity contribution is 0.151. The van der Waals surface area contributed by atoms with E-state index < -0.39 is 0 Å². The fourth-order valence-electron chi connectivity index (χ4n) is 2.08. The molecule has 1 aromatic rings. The predicted octanol–water partition coefficient (Wildman–Crippen LogP) is 2.83. The van der Waals surface area contributed by atoms with E-state index in [0.29, 0.717) is 0 Å². The number of nitrogens with zero attached hydrogens (tertiary/aromatic N) is 2. The van der Waals surface area contributed by atoms with Gasteiger partial charge in [-0.3, -0.25) is 4.90 Å². The first-order valence-corrected chi connectivity index (χ1v) is 6.29. The van der Waals surface area contributed by atoms with Crippen molar-refractivity contribution < 1.29 is 0 Å². The van der Waals surface area contributed by atoms with Crippen LogP contribution in [0.25, 0.3) is 0 Å². The molecule has 1 aliphatic rings. The largest absolute Gasteiger partial charge is 0.295 e. The zero-order valence-electron chi connectivity index (χ0n) is 8.99. The van der Waals surface area contributed by atoms with Crippen molar-refractivity contribution in [1.29, 1.82) is 0 Å². The van der Waals surface area contributed by atoms with E-state index in [9.17, 15) is 0 Å². The Morgan fingerprint density at radius 3 is 3.07 bits per heavy atom. The van der Waals surface area contributed by atoms with Gasteiger partial charge in [0.1, 0.15) is 0 Å². The van der Waals surface area contributed by atoms with Gasteiger partial charge in [0.2, 0.25) is 0 Å². The zero-order chi connectivity index (χ0) is 9.97. The molecule has 14 heavy (non-hydrogen) atoms. The second-order valence-corrected chi connectivity index (χ2v) is 5.24. The van der Waals surface area contributed by atoms with Gasteiger partial charge in [-0.25, -0.2) is 4.98 Å². The van der Waals surface area contributed by atoms with E-state index >= 15 is 0 Å². The molecule has 0 aliphatic carbocycles. The zero-order valence-corrected chi connectivity index (χ0v) is 9.81. The van der Waals surface area contributed by atoms with Crippen molar-refractivity contribution in [2.45, 2.75) is 45.7 Å². The molecular weight excluding hydrogens is 192 g/mol. The molecule has 1 fully saturated rings. The molecule has 1 unspecified atom stereocenters. The summed E-state index contributed by atoms with van der Waals surface area (Å²) in [5, 5.41) is 3.38. The van der Waals surface area contributed by atoms with Crippen molar-refractivity contribution in [1.82, 2.24) is 9.88 Å². The van der Waals surface area contributed by atoms with Gasteiger partial charge >= 0.3 is 0 Å². The Balaban J connectivity index is 1.95. The van der Waals surface area contributed by atoms with Crippen LogP contribution in [0, 0.1) is 6.92 Å². The van der Waals surface area contributed by atoms with Crippen LogP contribution in [0.5, 0.6) is 0 Å². The van der Waals surface area contributed by atoms with Gasteiger partial charge in [-0.2, -0.15) is 0 Å². The first-order chi connectivity index (χ1) is 6.75. The average molecular weight is 210 g/mol. The highest BCUT2D eigenvalue weighted by atomic mass is 32.1. The predicted molar refractivity (Wildman–Crippen MR) is 60.6 cm³/mol. The molecule has 3 heteroatoms. The number of hydrogen-bond acceptors (Lipinski definition) is 3. The summed E-state index contributed by atoms with van der Waals surface area (Å²) in [6, 6.07) is 0.741. The van der Waals surface area contributed by atoms with Crippen LogP contribution in [-0.2, 0) is 6.54 Å². The molecule has 1 saturated heterocycles. The summed E-state index contributed by atoms with van der Waals surface area (Å²) in [5.41, 5.74) is 1.25. The minimum Gasteiger partial charge on any atom is -0.295 e. The molecular formula is C11H18N2S. The maximum absolute atomic E-state index is 4.52. The summed E-state index contributed by atoms with van der Waals surface area (Å²) < 4.78 is 0. The highest BCUT2D eigenvalue weighted by Gasteiger charge is 2.18. The summed E-state index contributed by atoms with van der Waals surface area (Å²) in [5.74, 6) is 0. The van der Waals surface area contributed by atoms with E-state index in [1.165, 1.54) is 36.5 Å². The molecule has 1 aromatic heterocycles. The first kappa shape index (κ1) is 10.1. The van der Waals surface area contributed by atoms with Gasteiger partial charge < -0.3 is 0 Å². The van der Waals surface area contributed by atoms with Crippen LogP contribution in [0.1, 0.15) is 36.9 Å². The van der Waals surface area contributed by atoms with Crippen molar-refractivity contribution in [3.8, 4) is 0 Å². The Kier molecular flexibility index (Phi) is 3.19. The summed E-state index contributed by atoms with van der Waals surface area (Å²) in [6.07, 6.45) is 4.10. The van der Waals surface area contributed by atoms with Crippen LogP contribution in [-0.4, -0.2) is 22.5 Å². The molecule has 0 radical (unpaired) electrons. The number of aryl methyl sites for hydroxylation is 1. The molecule has 2 nitrogen and oxygen atoms in total. The van der Waals surface area contributed by atoms with Crippen LogP contribution < -0.4 is 0 Å². The third-order valence-electron chi connectivity index (χ3n) is 2.97. The van der Waals surface area contributed by atoms with Crippen molar-refractivity contribution in [3.05, 3.63) is 16.1 Å². The van der Waals surface area contributed by atoms with Crippen molar-refractivity contribution in [3.63, 3.8) is 0 Å². The molecule has 1 aliphatic heterocycles. The second kappa shape index (κ2) is 4.41. The fourth-order valence-corrected chi connectivity index (χ4v) is 2.69. The monoisotopic (exact) mass is 210 g/mol. The minimum atomic E-state index is 0.741. The Morgan fingerprint density at radius 1 is 1.57 bits per heavy atom. The number of thiazole rings is 1. The van der Waals surface area contributed by atoms with Crippen molar-refractivity contribution >= 4 is 11.3 Å². The van der Waals surface area contributed by atoms with Crippen molar-refractivity contribution in [2.24, 2.45) is 0 Å². The summed E-state index contributed by atoms with van der Waals surface area (Å²) >= 11 is 1.76. The van der Waals surface area contributed by atoms with E-state index in [2.05, 4.69) is 29.1 Å². The van der Waals surface area contributed by atoms with Gasteiger partial charge in [0.25, 0.3) is 0 Å². The Hall–Kier alpha value is -0.410. The molecule has 1 atom stereocenters. The minimum absolute atomic E-state index is 0.741. The number of aromatic nitrogens is 1. The van der Waals surface area contributed by atoms with E-state index in [1.807, 2.05) is 0 Å². The molecule has 0 N–H and O–H groups in total. The van der Waals surface area contributed by atoms with Gasteiger partial charge in [0, 0.05) is 18.0 Å². The number of rotatable bonds is 2. The SMILES string of the molecule is Cc1nc(CN2CCCCC2C)cs1. The molecule has 0 aromatic carbocycles. The van der Waals surface area contributed by atoms with Crippen LogP contribution in [0.4, 0.5) is 0 Å². The topological polar surface area (TPSA) is 16.1 Å². The maximum Gasteiger partial charge on any atom is 0.0897 e. The smallest absolute Gasteiger partial charge is 0.0897 e. The van der Waals surface area contributed by atoms with Gasteiger partial charge in [0.15, 0.2) is 0 Å². The quantitative estimate of drug-likeness (QED) is 0.746. The van der Waals surface area contributed by atoms with E-state index in [-0.39, 0.29) is 0 Å². The maximum atomic E-state index is 4.52. The Labute approximate surface area is 90.0 Å². The molecule has 78 valence electrons. The summed E-state index contributed by atoms with van der Waals surface area (Å²) in [6.45, 7) is 6.70. The lowest BCUT2D eigenvalue weighted by Crippen LogP contribution is -2.36. The third-order valence-corrected chi connectivity index (χ3v) is 3.79. The van der Waals surface area contributed by atoms with Crippen LogP contribution in [0.15, 0.2) is 5.38 Å². The van der Waals surface area contributed by atoms with Gasteiger partial charge in [-0.15, -0.1) is 11.3 Å². The van der Waals surface area contributed by atoms with Gasteiger partial charge in [-0.1, -0.05) is 6.42 Å². The molecule has 2 heterocycles. The average Bonchev–Trinajstić information content (AvgIpc) is 2.56. The lowest BCUT2D eigenvalue weighted by Gasteiger charge is -2.32. The summed E-state index contributed by atoms with van der Waals surface area (Å²) in [7, 11) is 0. The third kappa shape index (κ3) is 2.34. The van der Waals surface area contributed by atoms with Gasteiger partial charge in [0.05, 0.1) is 10.7 Å².